The summed E-state index contributed by atoms with van der Waals surface area (Å²) in [7, 11) is 0. The van der Waals surface area contributed by atoms with E-state index in [4.69, 9.17) is 9.73 Å². The van der Waals surface area contributed by atoms with Crippen molar-refractivity contribution in [2.24, 2.45) is 16.8 Å². The van der Waals surface area contributed by atoms with Crippen molar-refractivity contribution < 1.29 is 9.53 Å². The average Bonchev–Trinajstić information content (AvgIpc) is 3.07. The Bertz CT molecular complexity index is 439. The second-order valence-electron chi connectivity index (χ2n) is 7.16. The lowest BCUT2D eigenvalue weighted by atomic mass is 9.97. The molecule has 7 heteroatoms. The minimum atomic E-state index is -0.0361. The van der Waals surface area contributed by atoms with Gasteiger partial charge in [0.25, 0.3) is 0 Å². The normalized spacial score (nSPS) is 22.2. The van der Waals surface area contributed by atoms with Crippen molar-refractivity contribution in [1.29, 1.82) is 0 Å². The zero-order chi connectivity index (χ0) is 18.1. The number of aliphatic imine (C=N–C) groups is 1. The summed E-state index contributed by atoms with van der Waals surface area (Å²) in [6.45, 7) is 13.8. The highest BCUT2D eigenvalue weighted by Crippen LogP contribution is 2.20. The Morgan fingerprint density at radius 3 is 2.50 bits per heavy atom. The molecule has 0 spiro atoms. The highest BCUT2D eigenvalue weighted by Gasteiger charge is 2.28. The summed E-state index contributed by atoms with van der Waals surface area (Å²) < 4.78 is 5.16. The predicted octanol–water partition coefficient (Wildman–Crippen LogP) is 2.58. The molecule has 2 fully saturated rings. The number of piperidine rings is 1. The molecule has 2 aliphatic heterocycles. The van der Waals surface area contributed by atoms with Gasteiger partial charge < -0.3 is 19.9 Å². The van der Waals surface area contributed by atoms with Gasteiger partial charge in [-0.05, 0) is 58.5 Å². The summed E-state index contributed by atoms with van der Waals surface area (Å²) >= 11 is 0. The smallest absolute Gasteiger partial charge is 0.309 e. The Kier molecular flexibility index (Phi) is 11.5. The number of ether oxygens (including phenoxy) is 1. The third-order valence-electron chi connectivity index (χ3n) is 5.16. The van der Waals surface area contributed by atoms with E-state index >= 15 is 0 Å². The number of halogens is 1. The summed E-state index contributed by atoms with van der Waals surface area (Å²) in [4.78, 5) is 21.7. The summed E-state index contributed by atoms with van der Waals surface area (Å²) in [6, 6.07) is 0. The van der Waals surface area contributed by atoms with Gasteiger partial charge in [0.15, 0.2) is 5.96 Å². The van der Waals surface area contributed by atoms with Crippen LogP contribution in [0.2, 0.25) is 0 Å². The Hall–Kier alpha value is -0.570. The summed E-state index contributed by atoms with van der Waals surface area (Å²) in [5, 5.41) is 3.43. The van der Waals surface area contributed by atoms with Crippen molar-refractivity contribution in [2.75, 3.05) is 52.4 Å². The van der Waals surface area contributed by atoms with Crippen molar-refractivity contribution in [2.45, 2.75) is 46.5 Å². The van der Waals surface area contributed by atoms with Gasteiger partial charge in [-0.3, -0.25) is 9.79 Å². The second-order valence-corrected chi connectivity index (χ2v) is 7.16. The molecular weight excluding hydrogens is 443 g/mol. The quantitative estimate of drug-likeness (QED) is 0.263. The summed E-state index contributed by atoms with van der Waals surface area (Å²) in [6.07, 6.45) is 4.20. The van der Waals surface area contributed by atoms with Gasteiger partial charge in [0.1, 0.15) is 0 Å². The van der Waals surface area contributed by atoms with E-state index in [0.717, 1.165) is 45.0 Å². The van der Waals surface area contributed by atoms with E-state index in [1.807, 2.05) is 6.92 Å². The van der Waals surface area contributed by atoms with Gasteiger partial charge in [0, 0.05) is 32.7 Å². The van der Waals surface area contributed by atoms with Crippen LogP contribution < -0.4 is 5.32 Å². The van der Waals surface area contributed by atoms with Gasteiger partial charge in [-0.25, -0.2) is 0 Å². The average molecular weight is 480 g/mol. The number of hydrogen-bond acceptors (Lipinski definition) is 4. The van der Waals surface area contributed by atoms with Gasteiger partial charge in [0.2, 0.25) is 0 Å². The molecule has 0 aromatic carbocycles. The van der Waals surface area contributed by atoms with E-state index in [-0.39, 0.29) is 35.9 Å². The number of carbonyl (C=O) groups excluding carboxylic acids is 1. The molecule has 2 rings (SSSR count). The molecule has 26 heavy (non-hydrogen) atoms. The van der Waals surface area contributed by atoms with Gasteiger partial charge in [0.05, 0.1) is 12.5 Å². The van der Waals surface area contributed by atoms with E-state index in [0.29, 0.717) is 12.5 Å². The van der Waals surface area contributed by atoms with Gasteiger partial charge in [-0.15, -0.1) is 24.0 Å². The molecule has 2 heterocycles. The molecule has 0 aliphatic carbocycles. The predicted molar refractivity (Wildman–Crippen MR) is 117 cm³/mol. The standard InChI is InChI=1S/C19H36N4O2.HI/c1-4-10-22-11-7-16(15-22)14-21-19(20-5-2)23-12-8-17(9-13-23)18(24)25-6-3;/h16-17H,4-15H2,1-3H3,(H,20,21);1H. The molecule has 1 N–H and O–H groups in total. The lowest BCUT2D eigenvalue weighted by molar-refractivity contribution is -0.149. The van der Waals surface area contributed by atoms with Crippen LogP contribution in [0, 0.1) is 11.8 Å². The van der Waals surface area contributed by atoms with Crippen molar-refractivity contribution in [3.8, 4) is 0 Å². The fourth-order valence-corrected chi connectivity index (χ4v) is 3.81. The minimum absolute atomic E-state index is 0. The monoisotopic (exact) mass is 480 g/mol. The van der Waals surface area contributed by atoms with Crippen molar-refractivity contribution in [3.05, 3.63) is 0 Å². The third-order valence-corrected chi connectivity index (χ3v) is 5.16. The topological polar surface area (TPSA) is 57.2 Å². The van der Waals surface area contributed by atoms with Crippen LogP contribution in [-0.2, 0) is 9.53 Å². The Balaban J connectivity index is 0.00000338. The maximum absolute atomic E-state index is 11.9. The third kappa shape index (κ3) is 7.21. The number of guanidine groups is 1. The van der Waals surface area contributed by atoms with E-state index in [1.165, 1.54) is 32.5 Å². The van der Waals surface area contributed by atoms with E-state index < -0.39 is 0 Å². The highest BCUT2D eigenvalue weighted by molar-refractivity contribution is 14.0. The van der Waals surface area contributed by atoms with E-state index in [1.54, 1.807) is 0 Å². The number of hydrogen-bond donors (Lipinski definition) is 1. The molecule has 6 nitrogen and oxygen atoms in total. The number of esters is 1. The lowest BCUT2D eigenvalue weighted by Crippen LogP contribution is -2.47. The van der Waals surface area contributed by atoms with Crippen LogP contribution in [0.5, 0.6) is 0 Å². The molecule has 2 saturated heterocycles. The summed E-state index contributed by atoms with van der Waals surface area (Å²) in [5.74, 6) is 1.71. The van der Waals surface area contributed by atoms with Gasteiger partial charge in [-0.2, -0.15) is 0 Å². The van der Waals surface area contributed by atoms with Gasteiger partial charge in [-0.1, -0.05) is 6.92 Å². The molecular formula is C19H37IN4O2. The van der Waals surface area contributed by atoms with Crippen molar-refractivity contribution in [1.82, 2.24) is 15.1 Å². The van der Waals surface area contributed by atoms with Gasteiger partial charge >= 0.3 is 5.97 Å². The fourth-order valence-electron chi connectivity index (χ4n) is 3.81. The molecule has 0 amide bonds. The maximum atomic E-state index is 11.9. The first-order chi connectivity index (χ1) is 12.2. The maximum Gasteiger partial charge on any atom is 0.309 e. The molecule has 0 aromatic rings. The number of nitrogens with one attached hydrogen (secondary N) is 1. The molecule has 2 aliphatic rings. The first-order valence-corrected chi connectivity index (χ1v) is 10.1. The zero-order valence-corrected chi connectivity index (χ0v) is 19.0. The molecule has 0 aromatic heterocycles. The molecule has 1 unspecified atom stereocenters. The Morgan fingerprint density at radius 2 is 1.88 bits per heavy atom. The molecule has 0 saturated carbocycles. The zero-order valence-electron chi connectivity index (χ0n) is 16.7. The SMILES string of the molecule is CCCN1CCC(CN=C(NCC)N2CCC(C(=O)OCC)CC2)C1.I. The van der Waals surface area contributed by atoms with Crippen LogP contribution in [0.25, 0.3) is 0 Å². The van der Waals surface area contributed by atoms with E-state index in [9.17, 15) is 4.79 Å². The first-order valence-electron chi connectivity index (χ1n) is 10.1. The van der Waals surface area contributed by atoms with Crippen LogP contribution >= 0.6 is 24.0 Å². The van der Waals surface area contributed by atoms with Crippen LogP contribution in [0.15, 0.2) is 4.99 Å². The Morgan fingerprint density at radius 1 is 1.15 bits per heavy atom. The largest absolute Gasteiger partial charge is 0.466 e. The van der Waals surface area contributed by atoms with Crippen molar-refractivity contribution >= 4 is 35.9 Å². The number of carbonyl (C=O) groups is 1. The lowest BCUT2D eigenvalue weighted by Gasteiger charge is -2.33. The Labute approximate surface area is 176 Å². The van der Waals surface area contributed by atoms with Crippen LogP contribution in [-0.4, -0.2) is 74.1 Å². The second kappa shape index (κ2) is 12.8. The summed E-state index contributed by atoms with van der Waals surface area (Å²) in [5.41, 5.74) is 0. The first kappa shape index (κ1) is 23.5. The number of nitrogens with zero attached hydrogens (tertiary/aromatic N) is 3. The van der Waals surface area contributed by atoms with Crippen LogP contribution in [0.1, 0.15) is 46.5 Å². The minimum Gasteiger partial charge on any atom is -0.466 e. The number of rotatable bonds is 7. The fraction of sp³-hybridized carbons (Fsp3) is 0.895. The highest BCUT2D eigenvalue weighted by atomic mass is 127. The van der Waals surface area contributed by atoms with Crippen LogP contribution in [0.4, 0.5) is 0 Å². The van der Waals surface area contributed by atoms with E-state index in [2.05, 4.69) is 29.0 Å². The van der Waals surface area contributed by atoms with Crippen LogP contribution in [0.3, 0.4) is 0 Å². The molecule has 1 atom stereocenters. The molecule has 152 valence electrons. The molecule has 0 bridgehead atoms. The number of likely N-dealkylation sites (tertiary alicyclic amines) is 2. The van der Waals surface area contributed by atoms with Crippen molar-refractivity contribution in [3.63, 3.8) is 0 Å². The molecule has 0 radical (unpaired) electrons.